The van der Waals surface area contributed by atoms with Gasteiger partial charge in [-0.15, -0.1) is 0 Å². The van der Waals surface area contributed by atoms with Gasteiger partial charge in [-0.25, -0.2) is 0 Å². The first-order chi connectivity index (χ1) is 8.24. The van der Waals surface area contributed by atoms with Gasteiger partial charge in [-0.1, -0.05) is 13.8 Å². The number of carbonyl (C=O) groups excluding carboxylic acids is 1. The van der Waals surface area contributed by atoms with Crippen molar-refractivity contribution < 1.29 is 4.79 Å². The second-order valence-corrected chi connectivity index (χ2v) is 5.23. The number of hydrogen-bond acceptors (Lipinski definition) is 3. The molecule has 2 rings (SSSR count). The highest BCUT2D eigenvalue weighted by atomic mass is 16.2. The van der Waals surface area contributed by atoms with E-state index in [1.165, 1.54) is 0 Å². The van der Waals surface area contributed by atoms with Gasteiger partial charge in [0.15, 0.2) is 0 Å². The third-order valence-corrected chi connectivity index (χ3v) is 4.17. The summed E-state index contributed by atoms with van der Waals surface area (Å²) in [5.74, 6) is 0.959. The van der Waals surface area contributed by atoms with Crippen LogP contribution < -0.4 is 5.32 Å². The van der Waals surface area contributed by atoms with Gasteiger partial charge in [-0.2, -0.15) is 0 Å². The fourth-order valence-corrected chi connectivity index (χ4v) is 2.88. The summed E-state index contributed by atoms with van der Waals surface area (Å²) < 4.78 is 0. The van der Waals surface area contributed by atoms with E-state index < -0.39 is 0 Å². The zero-order valence-corrected chi connectivity index (χ0v) is 11.1. The van der Waals surface area contributed by atoms with Crippen molar-refractivity contribution in [2.45, 2.75) is 32.7 Å². The summed E-state index contributed by atoms with van der Waals surface area (Å²) in [6.07, 6.45) is 1.90. The Balaban J connectivity index is 1.77. The van der Waals surface area contributed by atoms with Crippen molar-refractivity contribution >= 4 is 5.91 Å². The van der Waals surface area contributed by atoms with Gasteiger partial charge in [-0.05, 0) is 38.5 Å². The second kappa shape index (κ2) is 5.83. The average molecular weight is 239 g/mol. The van der Waals surface area contributed by atoms with Gasteiger partial charge >= 0.3 is 0 Å². The number of rotatable bonds is 5. The molecule has 0 radical (unpaired) electrons. The van der Waals surface area contributed by atoms with E-state index in [0.717, 1.165) is 52.1 Å². The Morgan fingerprint density at radius 3 is 2.59 bits per heavy atom. The molecular weight excluding hydrogens is 214 g/mol. The van der Waals surface area contributed by atoms with Crippen molar-refractivity contribution in [2.75, 3.05) is 39.3 Å². The molecule has 0 aromatic rings. The molecule has 2 saturated heterocycles. The monoisotopic (exact) mass is 239 g/mol. The van der Waals surface area contributed by atoms with Gasteiger partial charge in [0.1, 0.15) is 0 Å². The van der Waals surface area contributed by atoms with Crippen molar-refractivity contribution in [3.8, 4) is 0 Å². The van der Waals surface area contributed by atoms with E-state index in [9.17, 15) is 4.79 Å². The summed E-state index contributed by atoms with van der Waals surface area (Å²) in [5.41, 5.74) is 0. The van der Waals surface area contributed by atoms with Crippen molar-refractivity contribution in [3.05, 3.63) is 0 Å². The lowest BCUT2D eigenvalue weighted by Gasteiger charge is -2.29. The molecule has 98 valence electrons. The van der Waals surface area contributed by atoms with Crippen LogP contribution >= 0.6 is 0 Å². The molecule has 0 aromatic carbocycles. The Morgan fingerprint density at radius 2 is 2.06 bits per heavy atom. The number of nitrogens with one attached hydrogen (secondary N) is 1. The van der Waals surface area contributed by atoms with Crippen molar-refractivity contribution in [2.24, 2.45) is 5.92 Å². The van der Waals surface area contributed by atoms with Gasteiger partial charge in [0.05, 0.1) is 0 Å². The molecule has 0 saturated carbocycles. The summed E-state index contributed by atoms with van der Waals surface area (Å²) in [6.45, 7) is 10.5. The van der Waals surface area contributed by atoms with Crippen molar-refractivity contribution in [1.82, 2.24) is 15.1 Å². The van der Waals surface area contributed by atoms with Crippen LogP contribution in [0.15, 0.2) is 0 Å². The molecule has 4 nitrogen and oxygen atoms in total. The van der Waals surface area contributed by atoms with E-state index in [1.807, 2.05) is 0 Å². The summed E-state index contributed by atoms with van der Waals surface area (Å²) in [7, 11) is 0. The molecule has 0 aromatic heterocycles. The lowest BCUT2D eigenvalue weighted by molar-refractivity contribution is -0.131. The van der Waals surface area contributed by atoms with Crippen LogP contribution in [0.3, 0.4) is 0 Å². The molecule has 1 amide bonds. The van der Waals surface area contributed by atoms with Crippen LogP contribution in [0.1, 0.15) is 26.7 Å². The summed E-state index contributed by atoms with van der Waals surface area (Å²) in [4.78, 5) is 16.6. The third kappa shape index (κ3) is 2.99. The zero-order chi connectivity index (χ0) is 12.3. The molecule has 17 heavy (non-hydrogen) atoms. The Bertz CT molecular complexity index is 261. The standard InChI is InChI=1S/C13H25N3O/c1-3-15(4-2)12-5-6-16(10-12)13(17)7-11-8-14-9-11/h11-12,14H,3-10H2,1-2H3. The van der Waals surface area contributed by atoms with Crippen LogP contribution in [0.4, 0.5) is 0 Å². The minimum atomic E-state index is 0.367. The van der Waals surface area contributed by atoms with E-state index in [2.05, 4.69) is 29.0 Å². The Morgan fingerprint density at radius 1 is 1.35 bits per heavy atom. The number of likely N-dealkylation sites (N-methyl/N-ethyl adjacent to an activating group) is 1. The smallest absolute Gasteiger partial charge is 0.222 e. The molecular formula is C13H25N3O. The van der Waals surface area contributed by atoms with Crippen LogP contribution in [0.25, 0.3) is 0 Å². The highest BCUT2D eigenvalue weighted by Crippen LogP contribution is 2.18. The number of likely N-dealkylation sites (tertiary alicyclic amines) is 1. The van der Waals surface area contributed by atoms with Crippen LogP contribution in [0, 0.1) is 5.92 Å². The van der Waals surface area contributed by atoms with Crippen LogP contribution in [-0.4, -0.2) is 61.0 Å². The van der Waals surface area contributed by atoms with Gasteiger partial charge in [0, 0.05) is 25.6 Å². The van der Waals surface area contributed by atoms with Gasteiger partial charge in [0.25, 0.3) is 0 Å². The van der Waals surface area contributed by atoms with Crippen LogP contribution in [0.2, 0.25) is 0 Å². The lowest BCUT2D eigenvalue weighted by Crippen LogP contribution is -2.45. The molecule has 1 atom stereocenters. The first-order valence-electron chi connectivity index (χ1n) is 6.97. The Hall–Kier alpha value is -0.610. The van der Waals surface area contributed by atoms with Gasteiger partial charge < -0.3 is 10.2 Å². The van der Waals surface area contributed by atoms with E-state index in [-0.39, 0.29) is 0 Å². The number of hydrogen-bond donors (Lipinski definition) is 1. The number of nitrogens with zero attached hydrogens (tertiary/aromatic N) is 2. The van der Waals surface area contributed by atoms with E-state index in [4.69, 9.17) is 0 Å². The van der Waals surface area contributed by atoms with Crippen LogP contribution in [-0.2, 0) is 4.79 Å². The Labute approximate surface area is 104 Å². The van der Waals surface area contributed by atoms with Crippen molar-refractivity contribution in [3.63, 3.8) is 0 Å². The van der Waals surface area contributed by atoms with Crippen LogP contribution in [0.5, 0.6) is 0 Å². The fraction of sp³-hybridized carbons (Fsp3) is 0.923. The minimum absolute atomic E-state index is 0.367. The first-order valence-corrected chi connectivity index (χ1v) is 6.97. The van der Waals surface area contributed by atoms with E-state index in [0.29, 0.717) is 17.9 Å². The van der Waals surface area contributed by atoms with Gasteiger partial charge in [0.2, 0.25) is 5.91 Å². The largest absolute Gasteiger partial charge is 0.341 e. The van der Waals surface area contributed by atoms with E-state index >= 15 is 0 Å². The van der Waals surface area contributed by atoms with E-state index in [1.54, 1.807) is 0 Å². The highest BCUT2D eigenvalue weighted by molar-refractivity contribution is 5.77. The SMILES string of the molecule is CCN(CC)C1CCN(C(=O)CC2CNC2)C1. The molecule has 0 spiro atoms. The molecule has 1 N–H and O–H groups in total. The van der Waals surface area contributed by atoms with Crippen molar-refractivity contribution in [1.29, 1.82) is 0 Å². The summed E-state index contributed by atoms with van der Waals surface area (Å²) in [5, 5.41) is 3.22. The third-order valence-electron chi connectivity index (χ3n) is 4.17. The molecule has 4 heteroatoms. The maximum atomic E-state index is 12.1. The highest BCUT2D eigenvalue weighted by Gasteiger charge is 2.31. The second-order valence-electron chi connectivity index (χ2n) is 5.23. The topological polar surface area (TPSA) is 35.6 Å². The molecule has 0 bridgehead atoms. The normalized spacial score (nSPS) is 25.4. The summed E-state index contributed by atoms with van der Waals surface area (Å²) in [6, 6.07) is 0.591. The molecule has 2 aliphatic rings. The first kappa shape index (κ1) is 12.8. The summed E-state index contributed by atoms with van der Waals surface area (Å²) >= 11 is 0. The lowest BCUT2D eigenvalue weighted by atomic mass is 9.99. The number of carbonyl (C=O) groups is 1. The quantitative estimate of drug-likeness (QED) is 0.760. The molecule has 2 fully saturated rings. The molecule has 0 aliphatic carbocycles. The molecule has 1 unspecified atom stereocenters. The maximum Gasteiger partial charge on any atom is 0.222 e. The average Bonchev–Trinajstić information content (AvgIpc) is 2.74. The molecule has 2 aliphatic heterocycles. The fourth-order valence-electron chi connectivity index (χ4n) is 2.88. The predicted molar refractivity (Wildman–Crippen MR) is 68.9 cm³/mol. The minimum Gasteiger partial charge on any atom is -0.341 e. The zero-order valence-electron chi connectivity index (χ0n) is 11.1. The maximum absolute atomic E-state index is 12.1. The number of amides is 1. The molecule has 2 heterocycles. The predicted octanol–water partition coefficient (Wildman–Crippen LogP) is 0.539. The van der Waals surface area contributed by atoms with Gasteiger partial charge in [-0.3, -0.25) is 9.69 Å². The Kier molecular flexibility index (Phi) is 4.40.